The van der Waals surface area contributed by atoms with Crippen LogP contribution in [-0.4, -0.2) is 44.6 Å². The van der Waals surface area contributed by atoms with Crippen molar-refractivity contribution in [3.05, 3.63) is 46.5 Å². The van der Waals surface area contributed by atoms with E-state index in [2.05, 4.69) is 15.2 Å². The van der Waals surface area contributed by atoms with Crippen molar-refractivity contribution in [3.8, 4) is 5.75 Å². The molecule has 0 aliphatic heterocycles. The van der Waals surface area contributed by atoms with Gasteiger partial charge in [0.15, 0.2) is 6.61 Å². The van der Waals surface area contributed by atoms with Gasteiger partial charge < -0.3 is 9.64 Å². The number of nitrogens with one attached hydrogen (secondary N) is 1. The summed E-state index contributed by atoms with van der Waals surface area (Å²) in [6.45, 7) is 0.130. The molecule has 0 unspecified atom stereocenters. The van der Waals surface area contributed by atoms with E-state index >= 15 is 0 Å². The second kappa shape index (κ2) is 6.46. The van der Waals surface area contributed by atoms with Crippen LogP contribution < -0.4 is 4.74 Å². The third kappa shape index (κ3) is 4.00. The molecule has 2 aromatic rings. The Balaban J connectivity index is 1.84. The van der Waals surface area contributed by atoms with E-state index < -0.39 is 4.92 Å². The Bertz CT molecular complexity index is 611. The van der Waals surface area contributed by atoms with Crippen LogP contribution >= 0.6 is 0 Å². The quantitative estimate of drug-likeness (QED) is 0.620. The molecule has 2 rings (SSSR count). The zero-order chi connectivity index (χ0) is 15.2. The lowest BCUT2D eigenvalue weighted by molar-refractivity contribution is -0.384. The average Bonchev–Trinajstić information content (AvgIpc) is 2.98. The summed E-state index contributed by atoms with van der Waals surface area (Å²) in [5.74, 6) is 0.716. The normalized spacial score (nSPS) is 10.1. The van der Waals surface area contributed by atoms with E-state index in [0.717, 1.165) is 0 Å². The molecule has 9 heteroatoms. The topological polar surface area (TPSA) is 114 Å². The lowest BCUT2D eigenvalue weighted by Gasteiger charge is -2.15. The molecule has 0 aliphatic rings. The van der Waals surface area contributed by atoms with Gasteiger partial charge in [-0.1, -0.05) is 0 Å². The Hall–Kier alpha value is -2.97. The number of ether oxygens (including phenoxy) is 1. The highest BCUT2D eigenvalue weighted by molar-refractivity contribution is 5.77. The second-order valence-electron chi connectivity index (χ2n) is 4.22. The lowest BCUT2D eigenvalue weighted by atomic mass is 10.3. The highest BCUT2D eigenvalue weighted by Crippen LogP contribution is 2.17. The van der Waals surface area contributed by atoms with Crippen LogP contribution in [0.15, 0.2) is 30.6 Å². The molecule has 0 bridgehead atoms. The van der Waals surface area contributed by atoms with Crippen molar-refractivity contribution >= 4 is 11.6 Å². The maximum absolute atomic E-state index is 11.8. The number of carbonyl (C=O) groups is 1. The number of nitro groups is 1. The van der Waals surface area contributed by atoms with Crippen LogP contribution in [0.2, 0.25) is 0 Å². The van der Waals surface area contributed by atoms with Gasteiger partial charge in [-0.2, -0.15) is 5.10 Å². The molecule has 0 radical (unpaired) electrons. The summed E-state index contributed by atoms with van der Waals surface area (Å²) >= 11 is 0. The molecule has 21 heavy (non-hydrogen) atoms. The first kappa shape index (κ1) is 14.4. The predicted molar refractivity (Wildman–Crippen MR) is 71.4 cm³/mol. The van der Waals surface area contributed by atoms with Crippen LogP contribution in [-0.2, 0) is 11.3 Å². The number of hydrogen-bond acceptors (Lipinski definition) is 6. The molecule has 0 saturated heterocycles. The van der Waals surface area contributed by atoms with Gasteiger partial charge in [0, 0.05) is 19.2 Å². The molecular formula is C12H13N5O4. The smallest absolute Gasteiger partial charge is 0.269 e. The van der Waals surface area contributed by atoms with Crippen molar-refractivity contribution in [2.24, 2.45) is 0 Å². The van der Waals surface area contributed by atoms with Crippen LogP contribution in [0.4, 0.5) is 5.69 Å². The van der Waals surface area contributed by atoms with Gasteiger partial charge in [0.1, 0.15) is 17.9 Å². The van der Waals surface area contributed by atoms with Crippen molar-refractivity contribution in [1.82, 2.24) is 20.1 Å². The summed E-state index contributed by atoms with van der Waals surface area (Å²) in [5, 5.41) is 16.9. The Morgan fingerprint density at radius 2 is 2.14 bits per heavy atom. The van der Waals surface area contributed by atoms with Gasteiger partial charge in [0.2, 0.25) is 0 Å². The minimum Gasteiger partial charge on any atom is -0.484 e. The van der Waals surface area contributed by atoms with Gasteiger partial charge in [0.25, 0.3) is 11.6 Å². The molecular weight excluding hydrogens is 278 g/mol. The third-order valence-corrected chi connectivity index (χ3v) is 2.69. The predicted octanol–water partition coefficient (Wildman–Crippen LogP) is 0.750. The number of nitro benzene ring substituents is 1. The molecule has 0 saturated carbocycles. The van der Waals surface area contributed by atoms with Crippen LogP contribution in [0.5, 0.6) is 5.75 Å². The Morgan fingerprint density at radius 3 is 2.71 bits per heavy atom. The van der Waals surface area contributed by atoms with Gasteiger partial charge in [-0.05, 0) is 12.1 Å². The number of hydrogen-bond donors (Lipinski definition) is 1. The van der Waals surface area contributed by atoms with Gasteiger partial charge in [0.05, 0.1) is 11.5 Å². The van der Waals surface area contributed by atoms with Gasteiger partial charge in [-0.15, -0.1) is 0 Å². The highest BCUT2D eigenvalue weighted by Gasteiger charge is 2.12. The average molecular weight is 291 g/mol. The molecule has 1 amide bonds. The molecule has 110 valence electrons. The zero-order valence-corrected chi connectivity index (χ0v) is 11.2. The fraction of sp³-hybridized carbons (Fsp3) is 0.250. The van der Waals surface area contributed by atoms with E-state index in [1.54, 1.807) is 7.05 Å². The van der Waals surface area contributed by atoms with E-state index in [-0.39, 0.29) is 18.2 Å². The maximum Gasteiger partial charge on any atom is 0.269 e. The Labute approximate surface area is 119 Å². The molecule has 1 N–H and O–H groups in total. The van der Waals surface area contributed by atoms with Crippen molar-refractivity contribution in [1.29, 1.82) is 0 Å². The molecule has 0 spiro atoms. The lowest BCUT2D eigenvalue weighted by Crippen LogP contribution is -2.31. The summed E-state index contributed by atoms with van der Waals surface area (Å²) in [4.78, 5) is 27.2. The standard InChI is InChI=1S/C12H13N5O4/c1-16(6-11-13-8-14-15-11)12(18)7-21-10-4-2-9(3-5-10)17(19)20/h2-5,8H,6-7H2,1H3,(H,13,14,15). The first-order valence-electron chi connectivity index (χ1n) is 6.01. The molecule has 9 nitrogen and oxygen atoms in total. The first-order valence-corrected chi connectivity index (χ1v) is 6.01. The van der Waals surface area contributed by atoms with E-state index in [1.807, 2.05) is 0 Å². The highest BCUT2D eigenvalue weighted by atomic mass is 16.6. The van der Waals surface area contributed by atoms with Crippen LogP contribution in [0.1, 0.15) is 5.82 Å². The third-order valence-electron chi connectivity index (χ3n) is 2.69. The van der Waals surface area contributed by atoms with Crippen LogP contribution in [0, 0.1) is 10.1 Å². The summed E-state index contributed by atoms with van der Waals surface area (Å²) in [5.41, 5.74) is -0.0314. The minimum absolute atomic E-state index is 0.0314. The monoisotopic (exact) mass is 291 g/mol. The number of non-ortho nitro benzene ring substituents is 1. The Kier molecular flexibility index (Phi) is 4.44. The fourth-order valence-electron chi connectivity index (χ4n) is 1.54. The number of H-pyrrole nitrogens is 1. The van der Waals surface area contributed by atoms with Gasteiger partial charge in [-0.3, -0.25) is 20.0 Å². The van der Waals surface area contributed by atoms with E-state index in [0.29, 0.717) is 18.1 Å². The number of nitrogens with zero attached hydrogens (tertiary/aromatic N) is 4. The number of aromatic amines is 1. The number of rotatable bonds is 6. The maximum atomic E-state index is 11.8. The molecule has 0 atom stereocenters. The van der Waals surface area contributed by atoms with Gasteiger partial charge in [-0.25, -0.2) is 4.98 Å². The fourth-order valence-corrected chi connectivity index (χ4v) is 1.54. The number of likely N-dealkylation sites (N-methyl/N-ethyl adjacent to an activating group) is 1. The molecule has 1 aromatic carbocycles. The van der Waals surface area contributed by atoms with E-state index in [4.69, 9.17) is 4.74 Å². The van der Waals surface area contributed by atoms with Gasteiger partial charge >= 0.3 is 0 Å². The second-order valence-corrected chi connectivity index (χ2v) is 4.22. The largest absolute Gasteiger partial charge is 0.484 e. The molecule has 0 aliphatic carbocycles. The number of benzene rings is 1. The summed E-state index contributed by atoms with van der Waals surface area (Å²) in [6.07, 6.45) is 1.36. The molecule has 1 heterocycles. The Morgan fingerprint density at radius 1 is 1.43 bits per heavy atom. The minimum atomic E-state index is -0.500. The molecule has 0 fully saturated rings. The zero-order valence-electron chi connectivity index (χ0n) is 11.2. The van der Waals surface area contributed by atoms with E-state index in [1.165, 1.54) is 35.5 Å². The van der Waals surface area contributed by atoms with Crippen molar-refractivity contribution in [2.75, 3.05) is 13.7 Å². The van der Waals surface area contributed by atoms with Crippen molar-refractivity contribution in [3.63, 3.8) is 0 Å². The van der Waals surface area contributed by atoms with E-state index in [9.17, 15) is 14.9 Å². The number of aromatic nitrogens is 3. The number of amides is 1. The van der Waals surface area contributed by atoms with Crippen LogP contribution in [0.3, 0.4) is 0 Å². The summed E-state index contributed by atoms with van der Waals surface area (Å²) in [6, 6.07) is 5.53. The SMILES string of the molecule is CN(Cc1ncn[nH]1)C(=O)COc1ccc([N+](=O)[O-])cc1. The van der Waals surface area contributed by atoms with Crippen LogP contribution in [0.25, 0.3) is 0 Å². The van der Waals surface area contributed by atoms with Crippen molar-refractivity contribution in [2.45, 2.75) is 6.54 Å². The number of carbonyl (C=O) groups excluding carboxylic acids is 1. The summed E-state index contributed by atoms with van der Waals surface area (Å²) in [7, 11) is 1.62. The molecule has 1 aromatic heterocycles. The first-order chi connectivity index (χ1) is 10.1. The van der Waals surface area contributed by atoms with Crippen molar-refractivity contribution < 1.29 is 14.5 Å². The summed E-state index contributed by atoms with van der Waals surface area (Å²) < 4.78 is 5.28.